The minimum Gasteiger partial charge on any atom is -0.304 e. The number of nitrogens with zero attached hydrogens (tertiary/aromatic N) is 3. The minimum absolute atomic E-state index is 0.718. The van der Waals surface area contributed by atoms with Crippen molar-refractivity contribution in [2.75, 3.05) is 14.1 Å². The van der Waals surface area contributed by atoms with Crippen LogP contribution in [0.3, 0.4) is 0 Å². The predicted octanol–water partition coefficient (Wildman–Crippen LogP) is 4.02. The van der Waals surface area contributed by atoms with Crippen LogP contribution in [0.15, 0.2) is 42.6 Å². The number of imidazole rings is 1. The first-order chi connectivity index (χ1) is 10.0. The average molecular weight is 300 g/mol. The number of halogens is 1. The molecule has 2 aromatic heterocycles. The van der Waals surface area contributed by atoms with E-state index in [9.17, 15) is 0 Å². The Kier molecular flexibility index (Phi) is 3.70. The van der Waals surface area contributed by atoms with Crippen LogP contribution in [0.2, 0.25) is 5.02 Å². The number of benzene rings is 1. The van der Waals surface area contributed by atoms with Crippen LogP contribution in [0, 0.1) is 6.92 Å². The highest BCUT2D eigenvalue weighted by atomic mass is 35.5. The molecule has 3 rings (SSSR count). The van der Waals surface area contributed by atoms with Crippen molar-refractivity contribution in [3.63, 3.8) is 0 Å². The van der Waals surface area contributed by atoms with Crippen LogP contribution < -0.4 is 0 Å². The molecule has 0 aliphatic heterocycles. The second kappa shape index (κ2) is 5.51. The van der Waals surface area contributed by atoms with Gasteiger partial charge in [0.15, 0.2) is 0 Å². The van der Waals surface area contributed by atoms with E-state index >= 15 is 0 Å². The zero-order chi connectivity index (χ0) is 15.0. The van der Waals surface area contributed by atoms with Gasteiger partial charge in [-0.25, -0.2) is 4.98 Å². The van der Waals surface area contributed by atoms with E-state index in [0.717, 1.165) is 34.2 Å². The SMILES string of the molecule is Cc1ccc(-c2nc3ccc(Cl)cn3c2CN(C)C)cc1. The van der Waals surface area contributed by atoms with Crippen LogP contribution in [-0.4, -0.2) is 28.4 Å². The standard InChI is InChI=1S/C17H18ClN3/c1-12-4-6-13(7-5-12)17-15(11-20(2)3)21-10-14(18)8-9-16(21)19-17/h4-10H,11H2,1-3H3. The molecule has 0 aliphatic rings. The highest BCUT2D eigenvalue weighted by Crippen LogP contribution is 2.26. The van der Waals surface area contributed by atoms with Gasteiger partial charge < -0.3 is 9.30 Å². The van der Waals surface area contributed by atoms with E-state index in [1.165, 1.54) is 5.56 Å². The van der Waals surface area contributed by atoms with Crippen LogP contribution in [0.4, 0.5) is 0 Å². The maximum Gasteiger partial charge on any atom is 0.137 e. The van der Waals surface area contributed by atoms with E-state index in [0.29, 0.717) is 0 Å². The smallest absolute Gasteiger partial charge is 0.137 e. The molecule has 2 heterocycles. The fraction of sp³-hybridized carbons (Fsp3) is 0.235. The number of fused-ring (bicyclic) bond motifs is 1. The van der Waals surface area contributed by atoms with Gasteiger partial charge in [0.05, 0.1) is 16.4 Å². The monoisotopic (exact) mass is 299 g/mol. The summed E-state index contributed by atoms with van der Waals surface area (Å²) in [6, 6.07) is 12.3. The lowest BCUT2D eigenvalue weighted by molar-refractivity contribution is 0.396. The quantitative estimate of drug-likeness (QED) is 0.728. The summed E-state index contributed by atoms with van der Waals surface area (Å²) in [5, 5.41) is 0.718. The van der Waals surface area contributed by atoms with Crippen molar-refractivity contribution >= 4 is 17.2 Å². The fourth-order valence-electron chi connectivity index (χ4n) is 2.46. The van der Waals surface area contributed by atoms with Crippen molar-refractivity contribution in [1.82, 2.24) is 14.3 Å². The second-order valence-corrected chi connectivity index (χ2v) is 6.02. The van der Waals surface area contributed by atoms with Crippen LogP contribution in [0.1, 0.15) is 11.3 Å². The highest BCUT2D eigenvalue weighted by Gasteiger charge is 2.14. The summed E-state index contributed by atoms with van der Waals surface area (Å²) in [6.07, 6.45) is 1.93. The van der Waals surface area contributed by atoms with Gasteiger partial charge in [0.2, 0.25) is 0 Å². The third-order valence-electron chi connectivity index (χ3n) is 3.47. The molecule has 0 unspecified atom stereocenters. The Balaban J connectivity index is 2.22. The van der Waals surface area contributed by atoms with Gasteiger partial charge in [-0.2, -0.15) is 0 Å². The summed E-state index contributed by atoms with van der Waals surface area (Å²) in [4.78, 5) is 6.93. The highest BCUT2D eigenvalue weighted by molar-refractivity contribution is 6.30. The van der Waals surface area contributed by atoms with Gasteiger partial charge in [0.25, 0.3) is 0 Å². The topological polar surface area (TPSA) is 20.5 Å². The van der Waals surface area contributed by atoms with Gasteiger partial charge in [-0.3, -0.25) is 0 Å². The molecule has 1 aromatic carbocycles. The lowest BCUT2D eigenvalue weighted by atomic mass is 10.1. The van der Waals surface area contributed by atoms with E-state index < -0.39 is 0 Å². The van der Waals surface area contributed by atoms with E-state index in [1.54, 1.807) is 0 Å². The second-order valence-electron chi connectivity index (χ2n) is 5.59. The molecule has 0 bridgehead atoms. The largest absolute Gasteiger partial charge is 0.304 e. The Hall–Kier alpha value is -1.84. The molecule has 0 saturated carbocycles. The van der Waals surface area contributed by atoms with Gasteiger partial charge in [0, 0.05) is 18.3 Å². The van der Waals surface area contributed by atoms with Gasteiger partial charge in [-0.1, -0.05) is 41.4 Å². The van der Waals surface area contributed by atoms with Crippen molar-refractivity contribution < 1.29 is 0 Å². The van der Waals surface area contributed by atoms with E-state index in [-0.39, 0.29) is 0 Å². The molecule has 0 atom stereocenters. The van der Waals surface area contributed by atoms with Crippen molar-refractivity contribution in [3.8, 4) is 11.3 Å². The molecule has 0 saturated heterocycles. The average Bonchev–Trinajstić information content (AvgIpc) is 2.77. The van der Waals surface area contributed by atoms with Crippen LogP contribution in [-0.2, 0) is 6.54 Å². The first-order valence-corrected chi connectivity index (χ1v) is 7.30. The molecule has 0 N–H and O–H groups in total. The first-order valence-electron chi connectivity index (χ1n) is 6.93. The molecule has 0 amide bonds. The Bertz CT molecular complexity index is 773. The maximum absolute atomic E-state index is 6.14. The zero-order valence-electron chi connectivity index (χ0n) is 12.5. The minimum atomic E-state index is 0.718. The number of aromatic nitrogens is 2. The molecule has 21 heavy (non-hydrogen) atoms. The lowest BCUT2D eigenvalue weighted by Gasteiger charge is -2.11. The zero-order valence-corrected chi connectivity index (χ0v) is 13.2. The number of hydrogen-bond acceptors (Lipinski definition) is 2. The molecule has 0 radical (unpaired) electrons. The Labute approximate surface area is 129 Å². The molecule has 4 heteroatoms. The first kappa shape index (κ1) is 14.1. The van der Waals surface area contributed by atoms with Gasteiger partial charge >= 0.3 is 0 Å². The van der Waals surface area contributed by atoms with Crippen LogP contribution >= 0.6 is 11.6 Å². The lowest BCUT2D eigenvalue weighted by Crippen LogP contribution is -2.13. The Morgan fingerprint density at radius 2 is 1.81 bits per heavy atom. The Morgan fingerprint density at radius 3 is 2.48 bits per heavy atom. The maximum atomic E-state index is 6.14. The van der Waals surface area contributed by atoms with Gasteiger partial charge in [-0.15, -0.1) is 0 Å². The van der Waals surface area contributed by atoms with Crippen molar-refractivity contribution in [2.24, 2.45) is 0 Å². The van der Waals surface area contributed by atoms with Gasteiger partial charge in [-0.05, 0) is 33.2 Å². The van der Waals surface area contributed by atoms with Crippen molar-refractivity contribution in [2.45, 2.75) is 13.5 Å². The number of aryl methyl sites for hydroxylation is 1. The summed E-state index contributed by atoms with van der Waals surface area (Å²) in [6.45, 7) is 2.90. The molecule has 0 spiro atoms. The predicted molar refractivity (Wildman–Crippen MR) is 87.8 cm³/mol. The van der Waals surface area contributed by atoms with E-state index in [4.69, 9.17) is 16.6 Å². The molecular weight excluding hydrogens is 282 g/mol. The Morgan fingerprint density at radius 1 is 1.10 bits per heavy atom. The normalized spacial score (nSPS) is 11.5. The fourth-order valence-corrected chi connectivity index (χ4v) is 2.62. The van der Waals surface area contributed by atoms with Crippen LogP contribution in [0.5, 0.6) is 0 Å². The summed E-state index contributed by atoms with van der Waals surface area (Å²) in [5.74, 6) is 0. The van der Waals surface area contributed by atoms with Gasteiger partial charge in [0.1, 0.15) is 5.65 Å². The number of pyridine rings is 1. The van der Waals surface area contributed by atoms with E-state index in [1.807, 2.05) is 18.3 Å². The summed E-state index contributed by atoms with van der Waals surface area (Å²) in [5.41, 5.74) is 5.48. The van der Waals surface area contributed by atoms with Crippen LogP contribution in [0.25, 0.3) is 16.9 Å². The van der Waals surface area contributed by atoms with Crippen molar-refractivity contribution in [3.05, 3.63) is 58.9 Å². The molecule has 0 aliphatic carbocycles. The summed E-state index contributed by atoms with van der Waals surface area (Å²) >= 11 is 6.14. The third kappa shape index (κ3) is 2.80. The van der Waals surface area contributed by atoms with Crippen molar-refractivity contribution in [1.29, 1.82) is 0 Å². The number of hydrogen-bond donors (Lipinski definition) is 0. The summed E-state index contributed by atoms with van der Waals surface area (Å²) in [7, 11) is 4.12. The molecule has 108 valence electrons. The molecule has 3 aromatic rings. The summed E-state index contributed by atoms with van der Waals surface area (Å²) < 4.78 is 2.08. The van der Waals surface area contributed by atoms with E-state index in [2.05, 4.69) is 54.6 Å². The molecular formula is C17H18ClN3. The molecule has 3 nitrogen and oxygen atoms in total. The number of rotatable bonds is 3. The third-order valence-corrected chi connectivity index (χ3v) is 3.70. The molecule has 0 fully saturated rings.